The van der Waals surface area contributed by atoms with Crippen molar-refractivity contribution >= 4 is 40.3 Å². The van der Waals surface area contributed by atoms with Gasteiger partial charge in [-0.2, -0.15) is 4.98 Å². The molecule has 0 radical (unpaired) electrons. The van der Waals surface area contributed by atoms with Crippen LogP contribution in [0, 0.1) is 0 Å². The van der Waals surface area contributed by atoms with Gasteiger partial charge in [0.05, 0.1) is 22.5 Å². The smallest absolute Gasteiger partial charge is 0.278 e. The quantitative estimate of drug-likeness (QED) is 0.494. The molecule has 1 atom stereocenters. The Labute approximate surface area is 166 Å². The highest BCUT2D eigenvalue weighted by atomic mass is 35.5. The van der Waals surface area contributed by atoms with E-state index in [4.69, 9.17) is 23.2 Å². The van der Waals surface area contributed by atoms with Gasteiger partial charge in [-0.1, -0.05) is 29.3 Å². The molecular formula is C18H21Cl2N5O2. The second-order valence-corrected chi connectivity index (χ2v) is 7.29. The Kier molecular flexibility index (Phi) is 6.36. The van der Waals surface area contributed by atoms with Crippen LogP contribution in [0.1, 0.15) is 31.7 Å². The van der Waals surface area contributed by atoms with Crippen LogP contribution in [0.25, 0.3) is 11.2 Å². The summed E-state index contributed by atoms with van der Waals surface area (Å²) >= 11 is 11.9. The molecule has 0 bridgehead atoms. The summed E-state index contributed by atoms with van der Waals surface area (Å²) in [4.78, 5) is 23.8. The maximum atomic E-state index is 12.5. The Hall–Kier alpha value is -2.09. The SMILES string of the molecule is C[C@@H](O)CCCCn1cnc2nc(NCc3ccc(Cl)c(Cl)c3)[nH]c(=O)c21. The van der Waals surface area contributed by atoms with Crippen molar-refractivity contribution in [2.45, 2.75) is 45.4 Å². The summed E-state index contributed by atoms with van der Waals surface area (Å²) in [5.74, 6) is 0.345. The molecule has 9 heteroatoms. The van der Waals surface area contributed by atoms with Gasteiger partial charge < -0.3 is 15.0 Å². The molecule has 3 rings (SSSR count). The normalized spacial score (nSPS) is 12.4. The van der Waals surface area contributed by atoms with Crippen LogP contribution in [0.5, 0.6) is 0 Å². The largest absolute Gasteiger partial charge is 0.393 e. The van der Waals surface area contributed by atoms with E-state index in [-0.39, 0.29) is 11.7 Å². The predicted molar refractivity (Wildman–Crippen MR) is 107 cm³/mol. The average molecular weight is 410 g/mol. The molecule has 3 N–H and O–H groups in total. The van der Waals surface area contributed by atoms with Gasteiger partial charge in [0, 0.05) is 13.1 Å². The summed E-state index contributed by atoms with van der Waals surface area (Å²) in [5.41, 5.74) is 1.51. The van der Waals surface area contributed by atoms with Crippen LogP contribution in [0.2, 0.25) is 10.0 Å². The molecule has 0 saturated heterocycles. The highest BCUT2D eigenvalue weighted by molar-refractivity contribution is 6.42. The monoisotopic (exact) mass is 409 g/mol. The first-order valence-corrected chi connectivity index (χ1v) is 9.50. The van der Waals surface area contributed by atoms with Crippen molar-refractivity contribution in [1.82, 2.24) is 19.5 Å². The van der Waals surface area contributed by atoms with Crippen molar-refractivity contribution in [2.75, 3.05) is 5.32 Å². The number of aliphatic hydroxyl groups is 1. The van der Waals surface area contributed by atoms with Crippen LogP contribution in [-0.2, 0) is 13.1 Å². The molecule has 1 aromatic carbocycles. The zero-order valence-corrected chi connectivity index (χ0v) is 16.4. The number of fused-ring (bicyclic) bond motifs is 1. The van der Waals surface area contributed by atoms with Crippen molar-refractivity contribution in [3.05, 3.63) is 50.5 Å². The number of halogens is 2. The molecule has 27 heavy (non-hydrogen) atoms. The van der Waals surface area contributed by atoms with E-state index in [9.17, 15) is 9.90 Å². The molecule has 3 aromatic rings. The van der Waals surface area contributed by atoms with Crippen molar-refractivity contribution in [2.24, 2.45) is 0 Å². The number of nitrogens with zero attached hydrogens (tertiary/aromatic N) is 3. The number of aromatic nitrogens is 4. The van der Waals surface area contributed by atoms with Crippen molar-refractivity contribution in [3.8, 4) is 0 Å². The van der Waals surface area contributed by atoms with Crippen LogP contribution in [0.3, 0.4) is 0 Å². The summed E-state index contributed by atoms with van der Waals surface area (Å²) in [6.07, 6.45) is 3.79. The van der Waals surface area contributed by atoms with E-state index in [1.165, 1.54) is 0 Å². The molecule has 2 heterocycles. The molecular weight excluding hydrogens is 389 g/mol. The summed E-state index contributed by atoms with van der Waals surface area (Å²) in [7, 11) is 0. The molecule has 7 nitrogen and oxygen atoms in total. The number of anilines is 1. The van der Waals surface area contributed by atoms with Gasteiger partial charge in [0.15, 0.2) is 11.2 Å². The zero-order valence-electron chi connectivity index (χ0n) is 14.9. The number of aryl methyl sites for hydroxylation is 1. The van der Waals surface area contributed by atoms with E-state index in [0.717, 1.165) is 24.8 Å². The van der Waals surface area contributed by atoms with E-state index in [2.05, 4.69) is 20.3 Å². The molecule has 144 valence electrons. The molecule has 0 aliphatic rings. The lowest BCUT2D eigenvalue weighted by Crippen LogP contribution is -2.16. The maximum Gasteiger partial charge on any atom is 0.278 e. The summed E-state index contributed by atoms with van der Waals surface area (Å²) < 4.78 is 1.80. The first-order chi connectivity index (χ1) is 12.9. The second kappa shape index (κ2) is 8.73. The van der Waals surface area contributed by atoms with E-state index >= 15 is 0 Å². The summed E-state index contributed by atoms with van der Waals surface area (Å²) in [5, 5.41) is 13.3. The van der Waals surface area contributed by atoms with Crippen molar-refractivity contribution in [3.63, 3.8) is 0 Å². The predicted octanol–water partition coefficient (Wildman–Crippen LogP) is 3.59. The fourth-order valence-corrected chi connectivity index (χ4v) is 3.12. The Morgan fingerprint density at radius 1 is 1.30 bits per heavy atom. The topological polar surface area (TPSA) is 95.8 Å². The van der Waals surface area contributed by atoms with Gasteiger partial charge in [0.2, 0.25) is 5.95 Å². The first kappa shape index (κ1) is 19.7. The highest BCUT2D eigenvalue weighted by Gasteiger charge is 2.11. The molecule has 0 unspecified atom stereocenters. The lowest BCUT2D eigenvalue weighted by molar-refractivity contribution is 0.180. The number of benzene rings is 1. The van der Waals surface area contributed by atoms with Crippen LogP contribution < -0.4 is 10.9 Å². The molecule has 0 spiro atoms. The fourth-order valence-electron chi connectivity index (χ4n) is 2.80. The van der Waals surface area contributed by atoms with E-state index in [1.807, 2.05) is 6.07 Å². The summed E-state index contributed by atoms with van der Waals surface area (Å²) in [6, 6.07) is 5.33. The molecule has 0 aliphatic carbocycles. The third-order valence-corrected chi connectivity index (χ3v) is 4.94. The van der Waals surface area contributed by atoms with Crippen molar-refractivity contribution < 1.29 is 5.11 Å². The lowest BCUT2D eigenvalue weighted by atomic mass is 10.2. The van der Waals surface area contributed by atoms with Gasteiger partial charge in [0.1, 0.15) is 0 Å². The number of aromatic amines is 1. The average Bonchev–Trinajstić information content (AvgIpc) is 3.03. The Morgan fingerprint density at radius 3 is 2.85 bits per heavy atom. The number of nitrogens with one attached hydrogen (secondary N) is 2. The number of imidazole rings is 1. The highest BCUT2D eigenvalue weighted by Crippen LogP contribution is 2.22. The molecule has 0 saturated carbocycles. The van der Waals surface area contributed by atoms with E-state index in [0.29, 0.717) is 40.2 Å². The maximum absolute atomic E-state index is 12.5. The second-order valence-electron chi connectivity index (χ2n) is 6.47. The minimum absolute atomic E-state index is 0.246. The molecule has 0 amide bonds. The van der Waals surface area contributed by atoms with Crippen molar-refractivity contribution in [1.29, 1.82) is 0 Å². The first-order valence-electron chi connectivity index (χ1n) is 8.75. The van der Waals surface area contributed by atoms with Gasteiger partial charge in [-0.25, -0.2) is 4.98 Å². The number of hydrogen-bond acceptors (Lipinski definition) is 5. The van der Waals surface area contributed by atoms with Gasteiger partial charge >= 0.3 is 0 Å². The zero-order chi connectivity index (χ0) is 19.4. The summed E-state index contributed by atoms with van der Waals surface area (Å²) in [6.45, 7) is 2.86. The standard InChI is InChI=1S/C18H21Cl2N5O2/c1-11(26)4-2-3-7-25-10-22-16-15(25)17(27)24-18(23-16)21-9-12-5-6-13(19)14(20)8-12/h5-6,8,10-11,26H,2-4,7,9H2,1H3,(H2,21,23,24,27)/t11-/m1/s1. The van der Waals surface area contributed by atoms with Crippen LogP contribution in [0.4, 0.5) is 5.95 Å². The Bertz CT molecular complexity index is 984. The van der Waals surface area contributed by atoms with Crippen LogP contribution in [0.15, 0.2) is 29.3 Å². The Balaban J connectivity index is 1.69. The molecule has 2 aromatic heterocycles. The number of H-pyrrole nitrogens is 1. The number of aliphatic hydroxyl groups excluding tert-OH is 1. The van der Waals surface area contributed by atoms with Gasteiger partial charge in [-0.3, -0.25) is 9.78 Å². The minimum Gasteiger partial charge on any atom is -0.393 e. The minimum atomic E-state index is -0.307. The molecule has 0 fully saturated rings. The van der Waals surface area contributed by atoms with Gasteiger partial charge in [0.25, 0.3) is 5.56 Å². The van der Waals surface area contributed by atoms with Crippen LogP contribution >= 0.6 is 23.2 Å². The number of unbranched alkanes of at least 4 members (excludes halogenated alkanes) is 1. The van der Waals surface area contributed by atoms with E-state index in [1.54, 1.807) is 30.0 Å². The Morgan fingerprint density at radius 2 is 2.11 bits per heavy atom. The van der Waals surface area contributed by atoms with Gasteiger partial charge in [-0.05, 0) is 43.9 Å². The number of rotatable bonds is 8. The third kappa shape index (κ3) is 5.00. The lowest BCUT2D eigenvalue weighted by Gasteiger charge is -2.07. The van der Waals surface area contributed by atoms with E-state index < -0.39 is 0 Å². The molecule has 0 aliphatic heterocycles. The number of hydrogen-bond donors (Lipinski definition) is 3. The van der Waals surface area contributed by atoms with Crippen LogP contribution in [-0.4, -0.2) is 30.7 Å². The fraction of sp³-hybridized carbons (Fsp3) is 0.389. The van der Waals surface area contributed by atoms with Gasteiger partial charge in [-0.15, -0.1) is 0 Å². The third-order valence-electron chi connectivity index (χ3n) is 4.20.